The van der Waals surface area contributed by atoms with Crippen molar-refractivity contribution in [1.82, 2.24) is 9.80 Å². The van der Waals surface area contributed by atoms with Crippen molar-refractivity contribution < 1.29 is 23.8 Å². The van der Waals surface area contributed by atoms with Crippen LogP contribution in [-0.4, -0.2) is 59.2 Å². The number of allylic oxidation sites excluding steroid dienone is 1. The van der Waals surface area contributed by atoms with E-state index in [-0.39, 0.29) is 36.4 Å². The third-order valence-corrected chi connectivity index (χ3v) is 9.23. The second kappa shape index (κ2) is 13.7. The number of rotatable bonds is 11. The van der Waals surface area contributed by atoms with Crippen LogP contribution in [0.3, 0.4) is 0 Å². The van der Waals surface area contributed by atoms with Gasteiger partial charge in [-0.3, -0.25) is 0 Å². The Kier molecular flexibility index (Phi) is 9.78. The first-order chi connectivity index (χ1) is 20.3. The lowest BCUT2D eigenvalue weighted by Gasteiger charge is -2.39. The van der Waals surface area contributed by atoms with E-state index in [1.165, 1.54) is 6.07 Å². The number of carboxylic acids is 1. The van der Waals surface area contributed by atoms with Gasteiger partial charge in [-0.05, 0) is 92.9 Å². The van der Waals surface area contributed by atoms with E-state index in [2.05, 4.69) is 11.5 Å². The average molecular weight is 575 g/mol. The summed E-state index contributed by atoms with van der Waals surface area (Å²) in [5, 5.41) is 10.0. The Morgan fingerprint density at radius 1 is 1.10 bits per heavy atom. The molecular formula is C35H43FN2O4. The van der Waals surface area contributed by atoms with E-state index in [0.29, 0.717) is 30.9 Å². The molecule has 2 saturated carbocycles. The van der Waals surface area contributed by atoms with Crippen molar-refractivity contribution in [3.05, 3.63) is 94.8 Å². The van der Waals surface area contributed by atoms with Crippen LogP contribution in [0, 0.1) is 24.6 Å². The van der Waals surface area contributed by atoms with Gasteiger partial charge in [-0.15, -0.1) is 6.58 Å². The van der Waals surface area contributed by atoms with Crippen molar-refractivity contribution in [3.8, 4) is 0 Å². The van der Waals surface area contributed by atoms with E-state index in [1.54, 1.807) is 23.1 Å². The van der Waals surface area contributed by atoms with Crippen LogP contribution in [0.1, 0.15) is 67.6 Å². The van der Waals surface area contributed by atoms with Crippen LogP contribution in [0.15, 0.2) is 72.3 Å². The van der Waals surface area contributed by atoms with E-state index < -0.39 is 5.97 Å². The minimum absolute atomic E-state index is 0.0694. The minimum atomic E-state index is -0.798. The van der Waals surface area contributed by atoms with Crippen LogP contribution in [0.5, 0.6) is 0 Å². The summed E-state index contributed by atoms with van der Waals surface area (Å²) in [6.45, 7) is 9.06. The average Bonchev–Trinajstić information content (AvgIpc) is 3.72. The number of hydrogen-bond donors (Lipinski definition) is 1. The highest BCUT2D eigenvalue weighted by molar-refractivity contribution is 5.87. The standard InChI is InChI=1S/C35H43FN2O4/c1-3-15-38(35(41)42-23-26-9-7-24(2)8-10-26)31-13-16-37(17-14-31)22-29-19-28(33(34(39)40)18-25-11-12-25)21-32(29)27-5-4-6-30(36)20-27/h3-10,20,25,29,31-32H,1,11-19,21-23H2,2H3,(H,39,40)/b33-28+/t29-,32-/m1/s1. The lowest BCUT2D eigenvalue weighted by molar-refractivity contribution is -0.132. The number of hydrogen-bond acceptors (Lipinski definition) is 4. The Balaban J connectivity index is 1.22. The maximum Gasteiger partial charge on any atom is 0.410 e. The molecule has 0 bridgehead atoms. The monoisotopic (exact) mass is 574 g/mol. The number of carbonyl (C=O) groups excluding carboxylic acids is 1. The fraction of sp³-hybridized carbons (Fsp3) is 0.486. The van der Waals surface area contributed by atoms with Crippen molar-refractivity contribution in [2.24, 2.45) is 11.8 Å². The smallest absolute Gasteiger partial charge is 0.410 e. The number of benzene rings is 2. The second-order valence-corrected chi connectivity index (χ2v) is 12.4. The van der Waals surface area contributed by atoms with Gasteiger partial charge in [-0.25, -0.2) is 14.0 Å². The zero-order chi connectivity index (χ0) is 29.6. The second-order valence-electron chi connectivity index (χ2n) is 12.4. The Bertz CT molecular complexity index is 1290. The summed E-state index contributed by atoms with van der Waals surface area (Å²) in [5.74, 6) is -0.242. The highest BCUT2D eigenvalue weighted by atomic mass is 19.1. The molecule has 5 rings (SSSR count). The molecule has 7 heteroatoms. The molecule has 1 N–H and O–H groups in total. The van der Waals surface area contributed by atoms with Crippen LogP contribution >= 0.6 is 0 Å². The molecule has 3 fully saturated rings. The fourth-order valence-corrected chi connectivity index (χ4v) is 6.70. The molecule has 6 nitrogen and oxygen atoms in total. The summed E-state index contributed by atoms with van der Waals surface area (Å²) in [7, 11) is 0. The number of carbonyl (C=O) groups is 2. The molecule has 224 valence electrons. The highest BCUT2D eigenvalue weighted by Crippen LogP contribution is 2.47. The highest BCUT2D eigenvalue weighted by Gasteiger charge is 2.38. The van der Waals surface area contributed by atoms with Crippen molar-refractivity contribution in [2.45, 2.75) is 70.4 Å². The molecule has 0 unspecified atom stereocenters. The summed E-state index contributed by atoms with van der Waals surface area (Å²) in [6.07, 6.45) is 7.38. The van der Waals surface area contributed by atoms with Crippen LogP contribution in [0.25, 0.3) is 0 Å². The largest absolute Gasteiger partial charge is 0.478 e. The molecule has 3 aliphatic rings. The van der Waals surface area contributed by atoms with Gasteiger partial charge in [-0.1, -0.05) is 53.6 Å². The van der Waals surface area contributed by atoms with Gasteiger partial charge < -0.3 is 19.6 Å². The number of halogens is 1. The topological polar surface area (TPSA) is 70.1 Å². The number of ether oxygens (including phenoxy) is 1. The molecule has 42 heavy (non-hydrogen) atoms. The minimum Gasteiger partial charge on any atom is -0.478 e. The number of aryl methyl sites for hydroxylation is 1. The van der Waals surface area contributed by atoms with Gasteiger partial charge >= 0.3 is 12.1 Å². The van der Waals surface area contributed by atoms with E-state index >= 15 is 0 Å². The lowest BCUT2D eigenvalue weighted by atomic mass is 9.88. The van der Waals surface area contributed by atoms with Gasteiger partial charge in [-0.2, -0.15) is 0 Å². The molecule has 0 spiro atoms. The summed E-state index contributed by atoms with van der Waals surface area (Å²) >= 11 is 0. The van der Waals surface area contributed by atoms with Crippen LogP contribution in [-0.2, 0) is 16.1 Å². The fourth-order valence-electron chi connectivity index (χ4n) is 6.70. The van der Waals surface area contributed by atoms with Gasteiger partial charge in [0.05, 0.1) is 0 Å². The normalized spacial score (nSPS) is 22.5. The van der Waals surface area contributed by atoms with Crippen LogP contribution in [0.4, 0.5) is 9.18 Å². The first-order valence-electron chi connectivity index (χ1n) is 15.3. The van der Waals surface area contributed by atoms with Gasteiger partial charge in [0.15, 0.2) is 0 Å². The molecule has 2 aliphatic carbocycles. The Hall–Kier alpha value is -3.45. The molecule has 2 atom stereocenters. The molecule has 0 aromatic heterocycles. The molecule has 2 aromatic carbocycles. The molecular weight excluding hydrogens is 531 g/mol. The van der Waals surface area contributed by atoms with Crippen LogP contribution < -0.4 is 0 Å². The molecule has 0 radical (unpaired) electrons. The number of likely N-dealkylation sites (tertiary alicyclic amines) is 1. The van der Waals surface area contributed by atoms with Crippen LogP contribution in [0.2, 0.25) is 0 Å². The van der Waals surface area contributed by atoms with Crippen molar-refractivity contribution in [1.29, 1.82) is 0 Å². The quantitative estimate of drug-likeness (QED) is 0.229. The SMILES string of the molecule is C=CCN(C(=O)OCc1ccc(C)cc1)C1CCN(C[C@H]2C/C(=C(/CC3CC3)C(=O)O)C[C@@H]2c2cccc(F)c2)CC1. The number of carboxylic acid groups (broad SMARTS) is 1. The summed E-state index contributed by atoms with van der Waals surface area (Å²) in [6, 6.07) is 14.9. The maximum absolute atomic E-state index is 14.2. The van der Waals surface area contributed by atoms with Gasteiger partial charge in [0.25, 0.3) is 0 Å². The predicted octanol–water partition coefficient (Wildman–Crippen LogP) is 7.10. The third-order valence-electron chi connectivity index (χ3n) is 9.23. The lowest BCUT2D eigenvalue weighted by Crippen LogP contribution is -2.48. The number of nitrogens with zero attached hydrogens (tertiary/aromatic N) is 2. The van der Waals surface area contributed by atoms with Gasteiger partial charge in [0.1, 0.15) is 12.4 Å². The van der Waals surface area contributed by atoms with Crippen molar-refractivity contribution >= 4 is 12.1 Å². The number of aliphatic carboxylic acids is 1. The zero-order valence-corrected chi connectivity index (χ0v) is 24.6. The maximum atomic E-state index is 14.2. The van der Waals surface area contributed by atoms with Crippen molar-refractivity contribution in [2.75, 3.05) is 26.2 Å². The molecule has 1 aliphatic heterocycles. The van der Waals surface area contributed by atoms with E-state index in [9.17, 15) is 19.1 Å². The predicted molar refractivity (Wildman–Crippen MR) is 162 cm³/mol. The van der Waals surface area contributed by atoms with Gasteiger partial charge in [0, 0.05) is 37.8 Å². The zero-order valence-electron chi connectivity index (χ0n) is 24.6. The Labute approximate surface area is 248 Å². The van der Waals surface area contributed by atoms with Gasteiger partial charge in [0.2, 0.25) is 0 Å². The Morgan fingerprint density at radius 2 is 1.83 bits per heavy atom. The molecule has 1 heterocycles. The molecule has 1 amide bonds. The molecule has 2 aromatic rings. The number of piperidine rings is 1. The molecule has 1 saturated heterocycles. The van der Waals surface area contributed by atoms with Crippen molar-refractivity contribution in [3.63, 3.8) is 0 Å². The summed E-state index contributed by atoms with van der Waals surface area (Å²) in [4.78, 5) is 29.5. The van der Waals surface area contributed by atoms with E-state index in [0.717, 1.165) is 74.0 Å². The summed E-state index contributed by atoms with van der Waals surface area (Å²) in [5.41, 5.74) is 4.71. The third kappa shape index (κ3) is 7.68. The van der Waals surface area contributed by atoms with E-state index in [4.69, 9.17) is 4.74 Å². The number of amides is 1. The Morgan fingerprint density at radius 3 is 2.48 bits per heavy atom. The van der Waals surface area contributed by atoms with E-state index in [1.807, 2.05) is 37.3 Å². The first-order valence-corrected chi connectivity index (χ1v) is 15.3. The summed E-state index contributed by atoms with van der Waals surface area (Å²) < 4.78 is 19.9. The first kappa shape index (κ1) is 30.0.